The number of nitrogens with zero attached hydrogens (tertiary/aromatic N) is 4. The minimum atomic E-state index is -1.57. The molecule has 2 heterocycles. The number of likely N-dealkylation sites (tertiary alicyclic amines) is 1. The number of carbonyl (C=O) groups excluding carboxylic acids is 2. The first-order valence-corrected chi connectivity index (χ1v) is 15.3. The third-order valence-electron chi connectivity index (χ3n) is 8.01. The number of ether oxygens (including phenoxy) is 1. The van der Waals surface area contributed by atoms with Gasteiger partial charge in [-0.3, -0.25) is 9.59 Å². The smallest absolute Gasteiger partial charge is 0.410 e. The summed E-state index contributed by atoms with van der Waals surface area (Å²) in [4.78, 5) is 45.5. The molecule has 10 nitrogen and oxygen atoms in total. The first-order valence-electron chi connectivity index (χ1n) is 15.3. The van der Waals surface area contributed by atoms with Crippen molar-refractivity contribution in [2.45, 2.75) is 65.4 Å². The van der Waals surface area contributed by atoms with Crippen LogP contribution in [0.1, 0.15) is 58.5 Å². The Labute approximate surface area is 271 Å². The van der Waals surface area contributed by atoms with E-state index in [1.807, 2.05) is 30.3 Å². The Morgan fingerprint density at radius 2 is 1.74 bits per heavy atom. The van der Waals surface area contributed by atoms with Gasteiger partial charge in [-0.2, -0.15) is 0 Å². The van der Waals surface area contributed by atoms with Gasteiger partial charge in [-0.1, -0.05) is 44.2 Å². The summed E-state index contributed by atoms with van der Waals surface area (Å²) in [6, 6.07) is 10.8. The molecule has 2 N–H and O–H groups in total. The lowest BCUT2D eigenvalue weighted by atomic mass is 9.79. The number of imidazole rings is 1. The predicted octanol–water partition coefficient (Wildman–Crippen LogP) is 5.44. The van der Waals surface area contributed by atoms with E-state index in [9.17, 15) is 29.0 Å². The number of carboxylic acids is 1. The van der Waals surface area contributed by atoms with Gasteiger partial charge in [0.15, 0.2) is 0 Å². The van der Waals surface area contributed by atoms with Crippen LogP contribution in [0.4, 0.5) is 18.0 Å². The lowest BCUT2D eigenvalue weighted by molar-refractivity contribution is -0.147. The lowest BCUT2D eigenvalue weighted by Crippen LogP contribution is -2.48. The third kappa shape index (κ3) is 8.70. The normalized spacial score (nSPS) is 17.4. The second-order valence-corrected chi connectivity index (χ2v) is 13.5. The number of hydrogen-bond donors (Lipinski definition) is 2. The number of hydrogen-bond acceptors (Lipinski definition) is 6. The Balaban J connectivity index is 1.85. The van der Waals surface area contributed by atoms with Gasteiger partial charge in [0.2, 0.25) is 5.91 Å². The number of alkyl halides is 1. The van der Waals surface area contributed by atoms with E-state index in [1.54, 1.807) is 39.2 Å². The maximum atomic E-state index is 15.6. The minimum absolute atomic E-state index is 0.0285. The zero-order valence-electron chi connectivity index (χ0n) is 27.1. The van der Waals surface area contributed by atoms with E-state index in [2.05, 4.69) is 4.98 Å². The molecule has 3 unspecified atom stereocenters. The molecule has 1 aliphatic rings. The molecule has 4 rings (SSSR count). The zero-order valence-corrected chi connectivity index (χ0v) is 27.1. The highest BCUT2D eigenvalue weighted by molar-refractivity contribution is 5.78. The topological polar surface area (TPSA) is 125 Å². The van der Waals surface area contributed by atoms with Crippen LogP contribution in [0.3, 0.4) is 0 Å². The second-order valence-electron chi connectivity index (χ2n) is 13.5. The highest BCUT2D eigenvalue weighted by atomic mass is 19.1. The van der Waals surface area contributed by atoms with Gasteiger partial charge in [0, 0.05) is 42.7 Å². The number of benzene rings is 2. The number of aliphatic carboxylic acids is 1. The van der Waals surface area contributed by atoms with E-state index >= 15 is 8.78 Å². The molecule has 1 aliphatic heterocycles. The maximum absolute atomic E-state index is 15.6. The molecule has 0 bridgehead atoms. The predicted molar refractivity (Wildman–Crippen MR) is 167 cm³/mol. The monoisotopic (exact) mass is 658 g/mol. The van der Waals surface area contributed by atoms with Gasteiger partial charge in [-0.05, 0) is 44.5 Å². The van der Waals surface area contributed by atoms with Crippen LogP contribution in [0, 0.1) is 23.0 Å². The van der Waals surface area contributed by atoms with Crippen LogP contribution in [-0.2, 0) is 20.9 Å². The first-order chi connectivity index (χ1) is 22.0. The minimum Gasteiger partial charge on any atom is -0.481 e. The SMILES string of the molecule is CC(C)(C)OC(=O)N1CC(F)C(CN(C(=O)CO)C(c2nc(-c3cc(F)ccc3F)cn2Cc2ccccc2)C(C)(C)CC(=O)O)C1. The molecule has 13 heteroatoms. The fourth-order valence-electron chi connectivity index (χ4n) is 5.95. The first kappa shape index (κ1) is 35.5. The van der Waals surface area contributed by atoms with E-state index in [0.717, 1.165) is 23.8 Å². The molecule has 0 saturated carbocycles. The van der Waals surface area contributed by atoms with Crippen molar-refractivity contribution in [3.8, 4) is 11.3 Å². The Bertz CT molecular complexity index is 1590. The molecule has 1 fully saturated rings. The molecule has 3 aromatic rings. The number of rotatable bonds is 11. The van der Waals surface area contributed by atoms with Gasteiger partial charge >= 0.3 is 12.1 Å². The van der Waals surface area contributed by atoms with Gasteiger partial charge in [-0.25, -0.2) is 22.9 Å². The van der Waals surface area contributed by atoms with Crippen molar-refractivity contribution in [1.82, 2.24) is 19.4 Å². The van der Waals surface area contributed by atoms with Crippen molar-refractivity contribution in [1.29, 1.82) is 0 Å². The number of halogens is 3. The Morgan fingerprint density at radius 1 is 1.06 bits per heavy atom. The van der Waals surface area contributed by atoms with Crippen LogP contribution >= 0.6 is 0 Å². The van der Waals surface area contributed by atoms with Gasteiger partial charge in [0.1, 0.15) is 35.8 Å². The van der Waals surface area contributed by atoms with Gasteiger partial charge in [0.25, 0.3) is 0 Å². The summed E-state index contributed by atoms with van der Waals surface area (Å²) in [5.74, 6) is -4.26. The van der Waals surface area contributed by atoms with Crippen molar-refractivity contribution in [2.75, 3.05) is 26.2 Å². The third-order valence-corrected chi connectivity index (χ3v) is 8.01. The number of carboxylic acid groups (broad SMARTS) is 1. The van der Waals surface area contributed by atoms with Gasteiger partial charge < -0.3 is 29.3 Å². The quantitative estimate of drug-likeness (QED) is 0.281. The number of carbonyl (C=O) groups is 3. The van der Waals surface area contributed by atoms with Gasteiger partial charge in [0.05, 0.1) is 24.7 Å². The molecule has 3 atom stereocenters. The summed E-state index contributed by atoms with van der Waals surface area (Å²) in [5, 5.41) is 20.0. The average Bonchev–Trinajstić information content (AvgIpc) is 3.55. The van der Waals surface area contributed by atoms with Crippen LogP contribution in [0.15, 0.2) is 54.7 Å². The molecule has 0 radical (unpaired) electrons. The van der Waals surface area contributed by atoms with Crippen molar-refractivity contribution in [3.05, 3.63) is 77.8 Å². The van der Waals surface area contributed by atoms with E-state index in [-0.39, 0.29) is 43.3 Å². The van der Waals surface area contributed by atoms with Crippen LogP contribution in [0.5, 0.6) is 0 Å². The summed E-state index contributed by atoms with van der Waals surface area (Å²) in [6.45, 7) is 6.73. The number of aromatic nitrogens is 2. The highest BCUT2D eigenvalue weighted by Gasteiger charge is 2.46. The molecule has 2 aromatic carbocycles. The standard InChI is InChI=1S/C34H41F3N4O6/c1-33(2,3)47-32(46)40-16-22(26(37)18-40)17-41(28(43)20-42)30(34(4,5)14-29(44)45)31-38-27(24-13-23(35)11-12-25(24)36)19-39(31)15-21-9-7-6-8-10-21/h6-13,19,22,26,30,42H,14-18,20H2,1-5H3,(H,44,45). The van der Waals surface area contributed by atoms with Crippen LogP contribution in [0.25, 0.3) is 11.3 Å². The Hall–Kier alpha value is -4.39. The van der Waals surface area contributed by atoms with Crippen LogP contribution < -0.4 is 0 Å². The van der Waals surface area contributed by atoms with Crippen molar-refractivity contribution in [3.63, 3.8) is 0 Å². The highest BCUT2D eigenvalue weighted by Crippen LogP contribution is 2.43. The van der Waals surface area contributed by atoms with E-state index in [1.165, 1.54) is 16.0 Å². The van der Waals surface area contributed by atoms with E-state index in [4.69, 9.17) is 4.74 Å². The van der Waals surface area contributed by atoms with Crippen LogP contribution in [0.2, 0.25) is 0 Å². The Morgan fingerprint density at radius 3 is 2.36 bits per heavy atom. The molecule has 254 valence electrons. The summed E-state index contributed by atoms with van der Waals surface area (Å²) in [5.41, 5.74) is -1.44. The fraction of sp³-hybridized carbons (Fsp3) is 0.471. The Kier molecular flexibility index (Phi) is 10.7. The molecule has 47 heavy (non-hydrogen) atoms. The zero-order chi connectivity index (χ0) is 34.7. The number of amides is 2. The second kappa shape index (κ2) is 14.2. The maximum Gasteiger partial charge on any atom is 0.410 e. The fourth-order valence-corrected chi connectivity index (χ4v) is 5.95. The molecular weight excluding hydrogens is 617 g/mol. The van der Waals surface area contributed by atoms with Crippen LogP contribution in [-0.4, -0.2) is 85.5 Å². The van der Waals surface area contributed by atoms with Crippen molar-refractivity contribution < 1.29 is 42.5 Å². The molecule has 1 saturated heterocycles. The number of aliphatic hydroxyl groups excluding tert-OH is 1. The summed E-state index contributed by atoms with van der Waals surface area (Å²) >= 11 is 0. The molecular formula is C34H41F3N4O6. The molecule has 0 aliphatic carbocycles. The molecule has 0 spiro atoms. The van der Waals surface area contributed by atoms with Gasteiger partial charge in [-0.15, -0.1) is 0 Å². The molecule has 1 aromatic heterocycles. The largest absolute Gasteiger partial charge is 0.481 e. The van der Waals surface area contributed by atoms with E-state index in [0.29, 0.717) is 0 Å². The van der Waals surface area contributed by atoms with Crippen molar-refractivity contribution >= 4 is 18.0 Å². The summed E-state index contributed by atoms with van der Waals surface area (Å²) in [7, 11) is 0. The van der Waals surface area contributed by atoms with Crippen molar-refractivity contribution in [2.24, 2.45) is 11.3 Å². The summed E-state index contributed by atoms with van der Waals surface area (Å²) in [6.07, 6.45) is -1.27. The molecule has 2 amide bonds. The lowest BCUT2D eigenvalue weighted by Gasteiger charge is -2.42. The number of aliphatic hydroxyl groups is 1. The summed E-state index contributed by atoms with van der Waals surface area (Å²) < 4.78 is 51.9. The average molecular weight is 659 g/mol. The van der Waals surface area contributed by atoms with E-state index < -0.39 is 71.8 Å².